The second kappa shape index (κ2) is 17.7. The molecule has 2 nitrogen and oxygen atoms in total. The van der Waals surface area contributed by atoms with Crippen molar-refractivity contribution in [1.82, 2.24) is 0 Å². The predicted octanol–water partition coefficient (Wildman–Crippen LogP) is 11.7. The monoisotopic (exact) mass is 690 g/mol. The van der Waals surface area contributed by atoms with Gasteiger partial charge < -0.3 is 5.73 Å². The summed E-state index contributed by atoms with van der Waals surface area (Å²) < 4.78 is -1.55. The second-order valence-corrected chi connectivity index (χ2v) is 18.8. The average Bonchev–Trinajstić information content (AvgIpc) is 2.74. The van der Waals surface area contributed by atoms with Gasteiger partial charge in [-0.3, -0.25) is 0 Å². The van der Waals surface area contributed by atoms with Crippen molar-refractivity contribution in [2.45, 2.75) is 72.5 Å². The lowest BCUT2D eigenvalue weighted by Crippen LogP contribution is -2.01. The predicted molar refractivity (Wildman–Crippen MR) is 173 cm³/mol. The summed E-state index contributed by atoms with van der Waals surface area (Å²) in [4.78, 5) is 4.17. The number of hydrogen-bond donors (Lipinski definition) is 1. The number of benzene rings is 2. The van der Waals surface area contributed by atoms with Gasteiger partial charge >= 0.3 is 11.4 Å². The molecule has 2 rings (SSSR count). The molecule has 0 heterocycles. The quantitative estimate of drug-likeness (QED) is 0.137. The van der Waals surface area contributed by atoms with E-state index in [0.717, 1.165) is 22.5 Å². The Balaban J connectivity index is 0. The van der Waals surface area contributed by atoms with E-state index in [1.807, 2.05) is 13.8 Å². The van der Waals surface area contributed by atoms with E-state index in [2.05, 4.69) is 60.4 Å². The van der Waals surface area contributed by atoms with E-state index in [1.54, 1.807) is 0 Å². The topological polar surface area (TPSA) is 38.4 Å². The maximum Gasteiger partial charge on any atom is 0.643 e. The van der Waals surface area contributed by atoms with E-state index < -0.39 is 14.6 Å². The molecule has 2 aromatic rings. The number of aliphatic imine (C=N–C) groups is 1. The van der Waals surface area contributed by atoms with E-state index in [9.17, 15) is 0 Å². The zero-order valence-corrected chi connectivity index (χ0v) is 30.0. The molecular formula is C24H32AlCl9N2. The number of nitrogens with zero attached hydrogens (tertiary/aromatic N) is 1. The highest BCUT2D eigenvalue weighted by atomic mass is 35.8. The number of rotatable bonds is 1. The second-order valence-electron chi connectivity index (χ2n) is 8.04. The Morgan fingerprint density at radius 1 is 0.556 bits per heavy atom. The Hall–Kier alpha value is 1.05. The first-order chi connectivity index (χ1) is 16.1. The van der Waals surface area contributed by atoms with Crippen LogP contribution in [0.1, 0.15) is 55.6 Å². The molecule has 0 aliphatic carbocycles. The Bertz CT molecular complexity index is 916. The first-order valence-electron chi connectivity index (χ1n) is 10.5. The minimum atomic E-state index is -1.72. The maximum atomic E-state index is 5.95. The zero-order chi connectivity index (χ0) is 29.3. The van der Waals surface area contributed by atoms with Crippen molar-refractivity contribution in [2.24, 2.45) is 4.99 Å². The molecule has 0 aromatic heterocycles. The molecule has 0 saturated heterocycles. The third-order valence-corrected chi connectivity index (χ3v) is 6.38. The van der Waals surface area contributed by atoms with Gasteiger partial charge in [-0.1, -0.05) is 46.4 Å². The van der Waals surface area contributed by atoms with Gasteiger partial charge in [0, 0.05) is 5.69 Å². The van der Waals surface area contributed by atoms with Crippen LogP contribution in [0.15, 0.2) is 4.99 Å². The summed E-state index contributed by atoms with van der Waals surface area (Å²) >= 11 is 28.8. The van der Waals surface area contributed by atoms with Crippen LogP contribution in [-0.2, 0) is 0 Å². The lowest BCUT2D eigenvalue weighted by Gasteiger charge is -2.15. The minimum absolute atomic E-state index is 0.0591. The molecule has 0 bridgehead atoms. The van der Waals surface area contributed by atoms with Crippen LogP contribution >= 0.6 is 99.8 Å². The summed E-state index contributed by atoms with van der Waals surface area (Å²) in [6.45, 7) is 21.0. The molecule has 0 unspecified atom stereocenters. The fraction of sp³-hybridized carbons (Fsp3) is 0.458. The van der Waals surface area contributed by atoms with Crippen molar-refractivity contribution in [2.75, 3.05) is 5.73 Å². The third kappa shape index (κ3) is 14.4. The summed E-state index contributed by atoms with van der Waals surface area (Å²) in [6.07, 6.45) is 0. The van der Waals surface area contributed by atoms with Gasteiger partial charge in [-0.25, -0.2) is 35.1 Å². The minimum Gasteiger partial charge on any atom is -0.398 e. The molecule has 2 N–H and O–H groups in total. The molecule has 0 aliphatic rings. The Kier molecular flexibility index (Phi) is 19.3. The number of nitrogens with two attached hydrogens (primary N) is 1. The van der Waals surface area contributed by atoms with Gasteiger partial charge in [0.25, 0.3) is 3.25 Å². The number of halogens is 9. The fourth-order valence-electron chi connectivity index (χ4n) is 3.26. The molecule has 0 atom stereocenters. The van der Waals surface area contributed by atoms with E-state index in [0.29, 0.717) is 0 Å². The fourth-order valence-corrected chi connectivity index (χ4v) is 3.43. The largest absolute Gasteiger partial charge is 0.643 e. The van der Waals surface area contributed by atoms with Gasteiger partial charge in [-0.15, -0.1) is 0 Å². The van der Waals surface area contributed by atoms with E-state index >= 15 is 0 Å². The van der Waals surface area contributed by atoms with Crippen molar-refractivity contribution >= 4 is 127 Å². The summed E-state index contributed by atoms with van der Waals surface area (Å²) in [5.41, 5.74) is 20.4. The Morgan fingerprint density at radius 2 is 0.750 bits per heavy atom. The molecule has 0 spiro atoms. The third-order valence-electron chi connectivity index (χ3n) is 6.21. The van der Waals surface area contributed by atoms with E-state index in [1.165, 1.54) is 44.5 Å². The number of anilines is 1. The summed E-state index contributed by atoms with van der Waals surface area (Å²) in [5, 5.41) is 0. The molecule has 2 aromatic carbocycles. The lowest BCUT2D eigenvalue weighted by molar-refractivity contribution is 1.16. The molecule has 12 heteroatoms. The van der Waals surface area contributed by atoms with Gasteiger partial charge in [-0.05, 0) is 148 Å². The number of hydrogen-bond acceptors (Lipinski definition) is 2. The van der Waals surface area contributed by atoms with Crippen molar-refractivity contribution in [3.63, 3.8) is 0 Å². The standard InChI is InChI=1S/C12H15Cl2N.C11H17N.CCl4.Al.3ClH/c1-6-7(2)9(4)11(15-12(13)14)10(5)8(6)3;1-6-7(2)9(4)11(12)10(5)8(6)3;2-1(3,4)5;;;;/h1-5H3;12H2,1-5H3;;;3*1H/q;;;+3;;;/p-3. The van der Waals surface area contributed by atoms with Crippen LogP contribution in [0.5, 0.6) is 0 Å². The molecule has 0 radical (unpaired) electrons. The van der Waals surface area contributed by atoms with Crippen LogP contribution < -0.4 is 5.73 Å². The molecule has 0 aliphatic heterocycles. The van der Waals surface area contributed by atoms with Crippen LogP contribution in [0, 0.1) is 69.2 Å². The first-order valence-corrected chi connectivity index (χ1v) is 18.0. The zero-order valence-electron chi connectivity index (χ0n) is 22.0. The van der Waals surface area contributed by atoms with Crippen LogP contribution in [-0.4, -0.2) is 19.3 Å². The maximum absolute atomic E-state index is 5.95. The summed E-state index contributed by atoms with van der Waals surface area (Å²) in [7, 11) is 14.8. The molecule has 204 valence electrons. The van der Waals surface area contributed by atoms with Crippen LogP contribution in [0.4, 0.5) is 11.4 Å². The van der Waals surface area contributed by atoms with Gasteiger partial charge in [0.1, 0.15) is 0 Å². The number of alkyl halides is 4. The van der Waals surface area contributed by atoms with E-state index in [4.69, 9.17) is 105 Å². The highest BCUT2D eigenvalue weighted by Gasteiger charge is 2.12. The summed E-state index contributed by atoms with van der Waals surface area (Å²) in [5.74, 6) is 0. The molecule has 0 amide bonds. The van der Waals surface area contributed by atoms with Crippen LogP contribution in [0.2, 0.25) is 0 Å². The summed E-state index contributed by atoms with van der Waals surface area (Å²) in [6, 6.07) is 0. The first kappa shape index (κ1) is 39.2. The Labute approximate surface area is 263 Å². The molecule has 0 fully saturated rings. The average molecular weight is 695 g/mol. The van der Waals surface area contributed by atoms with Gasteiger partial charge in [0.2, 0.25) is 0 Å². The lowest BCUT2D eigenvalue weighted by atomic mass is 9.93. The highest BCUT2D eigenvalue weighted by molar-refractivity contribution is 7.54. The van der Waals surface area contributed by atoms with Gasteiger partial charge in [-0.2, -0.15) is 0 Å². The molecule has 0 saturated carbocycles. The molecule has 36 heavy (non-hydrogen) atoms. The van der Waals surface area contributed by atoms with Crippen molar-refractivity contribution in [3.05, 3.63) is 55.6 Å². The van der Waals surface area contributed by atoms with E-state index in [-0.39, 0.29) is 4.63 Å². The normalized spacial score (nSPS) is 10.2. The van der Waals surface area contributed by atoms with Crippen molar-refractivity contribution < 1.29 is 0 Å². The van der Waals surface area contributed by atoms with Crippen LogP contribution in [0.25, 0.3) is 0 Å². The SMILES string of the molecule is Cc1c(C)c(C)c(N)c(C)c1C.Cc1c(C)c(C)c(N=C(Cl)Cl)c(C)c1C.ClC(Cl)(Cl)Cl.[Cl][Al]([Cl])[Cl]. The van der Waals surface area contributed by atoms with Crippen LogP contribution in [0.3, 0.4) is 0 Å². The van der Waals surface area contributed by atoms with Crippen molar-refractivity contribution in [3.8, 4) is 0 Å². The molecular weight excluding hydrogens is 662 g/mol. The van der Waals surface area contributed by atoms with Gasteiger partial charge in [0.05, 0.1) is 5.69 Å². The highest BCUT2D eigenvalue weighted by Crippen LogP contribution is 2.33. The van der Waals surface area contributed by atoms with Crippen molar-refractivity contribution in [1.29, 1.82) is 0 Å². The Morgan fingerprint density at radius 3 is 0.972 bits per heavy atom. The van der Waals surface area contributed by atoms with Gasteiger partial charge in [0.15, 0.2) is 4.63 Å². The smallest absolute Gasteiger partial charge is 0.398 e. The number of nitrogen functional groups attached to an aromatic ring is 1.